The van der Waals surface area contributed by atoms with Crippen LogP contribution in [0.2, 0.25) is 0 Å². The van der Waals surface area contributed by atoms with E-state index in [4.69, 9.17) is 15.2 Å². The first kappa shape index (κ1) is 15.3. The van der Waals surface area contributed by atoms with Crippen LogP contribution < -0.4 is 15.2 Å². The molecular weight excluding hydrogens is 322 g/mol. The number of benzene rings is 1. The van der Waals surface area contributed by atoms with E-state index < -0.39 is 5.41 Å². The van der Waals surface area contributed by atoms with E-state index in [1.165, 1.54) is 0 Å². The molecule has 1 aliphatic carbocycles. The SMILES string of the molecule is COc1ccc(C(=O)C2(CN)CCCC2)c(OC)c1Br. The Kier molecular flexibility index (Phi) is 4.70. The number of Topliss-reactive ketones (excluding diaryl/α,β-unsaturated/α-hetero) is 1. The summed E-state index contributed by atoms with van der Waals surface area (Å²) in [6.07, 6.45) is 3.83. The molecule has 1 aromatic carbocycles. The normalized spacial score (nSPS) is 17.0. The summed E-state index contributed by atoms with van der Waals surface area (Å²) < 4.78 is 11.3. The summed E-state index contributed by atoms with van der Waals surface area (Å²) in [5.74, 6) is 1.25. The van der Waals surface area contributed by atoms with Gasteiger partial charge in [-0.2, -0.15) is 0 Å². The van der Waals surface area contributed by atoms with Gasteiger partial charge >= 0.3 is 0 Å². The van der Waals surface area contributed by atoms with Gasteiger partial charge in [0, 0.05) is 12.0 Å². The van der Waals surface area contributed by atoms with Gasteiger partial charge < -0.3 is 15.2 Å². The molecule has 0 unspecified atom stereocenters. The molecule has 1 fully saturated rings. The predicted molar refractivity (Wildman–Crippen MR) is 81.5 cm³/mol. The van der Waals surface area contributed by atoms with Crippen molar-refractivity contribution in [3.05, 3.63) is 22.2 Å². The summed E-state index contributed by atoms with van der Waals surface area (Å²) in [6, 6.07) is 3.54. The second-order valence-corrected chi connectivity index (χ2v) is 5.98. The number of hydrogen-bond donors (Lipinski definition) is 1. The monoisotopic (exact) mass is 341 g/mol. The average Bonchev–Trinajstić information content (AvgIpc) is 2.96. The molecule has 0 bridgehead atoms. The number of nitrogens with two attached hydrogens (primary N) is 1. The second-order valence-electron chi connectivity index (χ2n) is 5.18. The van der Waals surface area contributed by atoms with Crippen LogP contribution in [0.15, 0.2) is 16.6 Å². The Balaban J connectivity index is 2.47. The zero-order valence-electron chi connectivity index (χ0n) is 11.9. The van der Waals surface area contributed by atoms with Crippen LogP contribution in [0.1, 0.15) is 36.0 Å². The maximum atomic E-state index is 12.9. The van der Waals surface area contributed by atoms with Gasteiger partial charge in [0.1, 0.15) is 16.0 Å². The third-order valence-corrected chi connectivity index (χ3v) is 4.91. The largest absolute Gasteiger partial charge is 0.495 e. The van der Waals surface area contributed by atoms with Crippen LogP contribution in [-0.4, -0.2) is 26.5 Å². The molecule has 2 rings (SSSR count). The molecule has 0 atom stereocenters. The van der Waals surface area contributed by atoms with E-state index in [1.54, 1.807) is 26.4 Å². The van der Waals surface area contributed by atoms with Crippen LogP contribution in [0.3, 0.4) is 0 Å². The molecule has 0 aromatic heterocycles. The number of carbonyl (C=O) groups excluding carboxylic acids is 1. The van der Waals surface area contributed by atoms with Crippen LogP contribution >= 0.6 is 15.9 Å². The molecule has 0 aliphatic heterocycles. The number of methoxy groups -OCH3 is 2. The molecule has 0 heterocycles. The van der Waals surface area contributed by atoms with E-state index in [0.717, 1.165) is 25.7 Å². The Morgan fingerprint density at radius 3 is 2.45 bits per heavy atom. The average molecular weight is 342 g/mol. The summed E-state index contributed by atoms with van der Waals surface area (Å²) in [5, 5.41) is 0. The molecule has 0 amide bonds. The van der Waals surface area contributed by atoms with E-state index in [-0.39, 0.29) is 5.78 Å². The van der Waals surface area contributed by atoms with Crippen molar-refractivity contribution in [3.8, 4) is 11.5 Å². The maximum Gasteiger partial charge on any atom is 0.174 e. The van der Waals surface area contributed by atoms with E-state index in [9.17, 15) is 4.79 Å². The van der Waals surface area contributed by atoms with Crippen molar-refractivity contribution < 1.29 is 14.3 Å². The summed E-state index contributed by atoms with van der Waals surface area (Å²) in [6.45, 7) is 0.388. The van der Waals surface area contributed by atoms with Gasteiger partial charge in [-0.15, -0.1) is 0 Å². The van der Waals surface area contributed by atoms with Gasteiger partial charge in [0.15, 0.2) is 5.78 Å². The lowest BCUT2D eigenvalue weighted by atomic mass is 9.78. The molecule has 20 heavy (non-hydrogen) atoms. The number of halogens is 1. The molecule has 1 aromatic rings. The fraction of sp³-hybridized carbons (Fsp3) is 0.533. The van der Waals surface area contributed by atoms with Gasteiger partial charge in [0.2, 0.25) is 0 Å². The van der Waals surface area contributed by atoms with Gasteiger partial charge in [-0.05, 0) is 40.9 Å². The quantitative estimate of drug-likeness (QED) is 0.835. The van der Waals surface area contributed by atoms with Gasteiger partial charge in [0.25, 0.3) is 0 Å². The first-order valence-electron chi connectivity index (χ1n) is 6.75. The van der Waals surface area contributed by atoms with Crippen LogP contribution in [0.5, 0.6) is 11.5 Å². The van der Waals surface area contributed by atoms with E-state index in [1.807, 2.05) is 0 Å². The van der Waals surface area contributed by atoms with Crippen LogP contribution in [0, 0.1) is 5.41 Å². The van der Waals surface area contributed by atoms with Crippen molar-refractivity contribution in [2.75, 3.05) is 20.8 Å². The molecule has 4 nitrogen and oxygen atoms in total. The number of rotatable bonds is 5. The Hall–Kier alpha value is -1.07. The fourth-order valence-electron chi connectivity index (χ4n) is 2.94. The van der Waals surface area contributed by atoms with Gasteiger partial charge in [-0.1, -0.05) is 12.8 Å². The summed E-state index contributed by atoms with van der Waals surface area (Å²) in [5.41, 5.74) is 6.04. The molecule has 2 N–H and O–H groups in total. The fourth-order valence-corrected chi connectivity index (χ4v) is 3.60. The van der Waals surface area contributed by atoms with Gasteiger partial charge in [-0.3, -0.25) is 4.79 Å². The van der Waals surface area contributed by atoms with Crippen molar-refractivity contribution in [3.63, 3.8) is 0 Å². The standard InChI is InChI=1S/C15H20BrNO3/c1-19-11-6-5-10(13(20-2)12(11)16)14(18)15(9-17)7-3-4-8-15/h5-6H,3-4,7-9,17H2,1-2H3. The molecule has 110 valence electrons. The highest BCUT2D eigenvalue weighted by molar-refractivity contribution is 9.10. The number of hydrogen-bond acceptors (Lipinski definition) is 4. The van der Waals surface area contributed by atoms with Crippen molar-refractivity contribution in [2.24, 2.45) is 11.1 Å². The summed E-state index contributed by atoms with van der Waals surface area (Å²) in [4.78, 5) is 12.9. The summed E-state index contributed by atoms with van der Waals surface area (Å²) in [7, 11) is 3.14. The molecule has 0 saturated heterocycles. The number of carbonyl (C=O) groups is 1. The Bertz CT molecular complexity index is 510. The first-order valence-corrected chi connectivity index (χ1v) is 7.54. The van der Waals surface area contributed by atoms with Crippen molar-refractivity contribution in [2.45, 2.75) is 25.7 Å². The second kappa shape index (κ2) is 6.14. The highest BCUT2D eigenvalue weighted by Crippen LogP contribution is 2.44. The molecule has 1 saturated carbocycles. The minimum atomic E-state index is -0.429. The molecule has 0 radical (unpaired) electrons. The topological polar surface area (TPSA) is 61.5 Å². The van der Waals surface area contributed by atoms with E-state index in [0.29, 0.717) is 28.1 Å². The highest BCUT2D eigenvalue weighted by Gasteiger charge is 2.41. The lowest BCUT2D eigenvalue weighted by Gasteiger charge is -2.26. The van der Waals surface area contributed by atoms with Crippen LogP contribution in [0.25, 0.3) is 0 Å². The highest BCUT2D eigenvalue weighted by atomic mass is 79.9. The van der Waals surface area contributed by atoms with Crippen LogP contribution in [-0.2, 0) is 0 Å². The number of ether oxygens (including phenoxy) is 2. The minimum absolute atomic E-state index is 0.0812. The Labute approximate surface area is 127 Å². The third-order valence-electron chi connectivity index (χ3n) is 4.16. The molecule has 5 heteroatoms. The summed E-state index contributed by atoms with van der Waals surface area (Å²) >= 11 is 3.44. The molecular formula is C15H20BrNO3. The Morgan fingerprint density at radius 1 is 1.30 bits per heavy atom. The van der Waals surface area contributed by atoms with Crippen LogP contribution in [0.4, 0.5) is 0 Å². The molecule has 1 aliphatic rings. The zero-order valence-corrected chi connectivity index (χ0v) is 13.5. The van der Waals surface area contributed by atoms with Gasteiger partial charge in [0.05, 0.1) is 19.8 Å². The lowest BCUT2D eigenvalue weighted by Crippen LogP contribution is -2.36. The zero-order chi connectivity index (χ0) is 14.8. The van der Waals surface area contributed by atoms with Gasteiger partial charge in [-0.25, -0.2) is 0 Å². The minimum Gasteiger partial charge on any atom is -0.495 e. The van der Waals surface area contributed by atoms with Crippen molar-refractivity contribution in [1.82, 2.24) is 0 Å². The molecule has 0 spiro atoms. The first-order chi connectivity index (χ1) is 9.59. The van der Waals surface area contributed by atoms with E-state index in [2.05, 4.69) is 15.9 Å². The van der Waals surface area contributed by atoms with E-state index >= 15 is 0 Å². The third kappa shape index (κ3) is 2.44. The Morgan fingerprint density at radius 2 is 1.95 bits per heavy atom. The lowest BCUT2D eigenvalue weighted by molar-refractivity contribution is 0.0806. The van der Waals surface area contributed by atoms with Crippen molar-refractivity contribution >= 4 is 21.7 Å². The maximum absolute atomic E-state index is 12.9. The van der Waals surface area contributed by atoms with Crippen molar-refractivity contribution in [1.29, 1.82) is 0 Å². The smallest absolute Gasteiger partial charge is 0.174 e. The number of ketones is 1. The predicted octanol–water partition coefficient (Wildman–Crippen LogP) is 3.17.